The number of ether oxygens (including phenoxy) is 1. The molecule has 0 aromatic rings. The fourth-order valence-corrected chi connectivity index (χ4v) is 0.606. The number of isocyanates is 1. The molecule has 9 heavy (non-hydrogen) atoms. The molecule has 0 N–H and O–H groups in total. The Morgan fingerprint density at radius 1 is 1.78 bits per heavy atom. The highest BCUT2D eigenvalue weighted by Gasteiger charge is 2.38. The molecule has 1 aliphatic heterocycles. The van der Waals surface area contributed by atoms with Gasteiger partial charge in [-0.25, -0.2) is 9.18 Å². The van der Waals surface area contributed by atoms with Gasteiger partial charge in [0.15, 0.2) is 0 Å². The third kappa shape index (κ3) is 0.992. The Balaban J connectivity index is 2.56. The van der Waals surface area contributed by atoms with Crippen molar-refractivity contribution in [3.8, 4) is 0 Å². The van der Waals surface area contributed by atoms with Gasteiger partial charge >= 0.3 is 0 Å². The van der Waals surface area contributed by atoms with Crippen molar-refractivity contribution in [3.05, 3.63) is 0 Å². The summed E-state index contributed by atoms with van der Waals surface area (Å²) in [5, 5.41) is 0. The molecule has 0 atom stereocenters. The van der Waals surface area contributed by atoms with E-state index in [1.54, 1.807) is 0 Å². The van der Waals surface area contributed by atoms with Gasteiger partial charge in [0.25, 0.3) is 0 Å². The molecule has 3 nitrogen and oxygen atoms in total. The van der Waals surface area contributed by atoms with Crippen LogP contribution in [-0.4, -0.2) is 31.5 Å². The van der Waals surface area contributed by atoms with Gasteiger partial charge in [-0.1, -0.05) is 0 Å². The number of hydrogen-bond donors (Lipinski definition) is 0. The number of aliphatic imine (C=N–C) groups is 1. The third-order valence-corrected chi connectivity index (χ3v) is 1.27. The molecule has 0 unspecified atom stereocenters. The van der Waals surface area contributed by atoms with E-state index in [1.165, 1.54) is 6.08 Å². The molecular weight excluding hydrogens is 125 g/mol. The number of nitrogens with zero attached hydrogens (tertiary/aromatic N) is 1. The molecule has 50 valence electrons. The van der Waals surface area contributed by atoms with Crippen molar-refractivity contribution in [2.45, 2.75) is 5.54 Å². The van der Waals surface area contributed by atoms with Crippen molar-refractivity contribution < 1.29 is 13.9 Å². The van der Waals surface area contributed by atoms with Gasteiger partial charge < -0.3 is 4.74 Å². The summed E-state index contributed by atoms with van der Waals surface area (Å²) >= 11 is 0. The minimum absolute atomic E-state index is 0.207. The van der Waals surface area contributed by atoms with E-state index >= 15 is 0 Å². The summed E-state index contributed by atoms with van der Waals surface area (Å²) in [6.45, 7) is -0.223. The fourth-order valence-electron chi connectivity index (χ4n) is 0.606. The van der Waals surface area contributed by atoms with Crippen LogP contribution >= 0.6 is 0 Å². The molecule has 0 amide bonds. The quantitative estimate of drug-likeness (QED) is 0.392. The third-order valence-electron chi connectivity index (χ3n) is 1.27. The van der Waals surface area contributed by atoms with Crippen LogP contribution in [0.25, 0.3) is 0 Å². The Kier molecular flexibility index (Phi) is 1.60. The molecule has 4 heteroatoms. The minimum atomic E-state index is -0.873. The molecule has 1 aliphatic rings. The SMILES string of the molecule is O=C=NC1(CF)COC1. The van der Waals surface area contributed by atoms with Crippen LogP contribution < -0.4 is 0 Å². The first kappa shape index (κ1) is 6.39. The molecule has 0 saturated carbocycles. The lowest BCUT2D eigenvalue weighted by molar-refractivity contribution is -0.0618. The lowest BCUT2D eigenvalue weighted by Gasteiger charge is -2.33. The van der Waals surface area contributed by atoms with Crippen LogP contribution in [0.5, 0.6) is 0 Å². The standard InChI is InChI=1S/C5H6FNO2/c6-1-5(7-4-8)2-9-3-5/h1-3H2. The van der Waals surface area contributed by atoms with Gasteiger partial charge in [0.1, 0.15) is 12.2 Å². The van der Waals surface area contributed by atoms with Crippen molar-refractivity contribution in [1.29, 1.82) is 0 Å². The topological polar surface area (TPSA) is 38.7 Å². The lowest BCUT2D eigenvalue weighted by Crippen LogP contribution is -2.49. The van der Waals surface area contributed by atoms with Crippen molar-refractivity contribution in [2.75, 3.05) is 19.9 Å². The predicted octanol–water partition coefficient (Wildman–Crippen LogP) is 0.0607. The molecule has 0 spiro atoms. The van der Waals surface area contributed by atoms with E-state index in [-0.39, 0.29) is 13.2 Å². The molecule has 0 aliphatic carbocycles. The Hall–Kier alpha value is -0.730. The highest BCUT2D eigenvalue weighted by Crippen LogP contribution is 2.21. The summed E-state index contributed by atoms with van der Waals surface area (Å²) in [4.78, 5) is 12.9. The van der Waals surface area contributed by atoms with Gasteiger partial charge in [-0.15, -0.1) is 0 Å². The van der Waals surface area contributed by atoms with Crippen molar-refractivity contribution in [1.82, 2.24) is 0 Å². The van der Waals surface area contributed by atoms with Gasteiger partial charge in [0, 0.05) is 0 Å². The van der Waals surface area contributed by atoms with Crippen molar-refractivity contribution >= 4 is 6.08 Å². The van der Waals surface area contributed by atoms with Gasteiger partial charge in [-0.3, -0.25) is 0 Å². The number of rotatable bonds is 2. The summed E-state index contributed by atoms with van der Waals surface area (Å²) in [7, 11) is 0. The molecule has 0 bridgehead atoms. The van der Waals surface area contributed by atoms with E-state index in [9.17, 15) is 9.18 Å². The van der Waals surface area contributed by atoms with Crippen LogP contribution in [0, 0.1) is 0 Å². The fraction of sp³-hybridized carbons (Fsp3) is 0.800. The summed E-state index contributed by atoms with van der Waals surface area (Å²) in [5.41, 5.74) is -0.873. The van der Waals surface area contributed by atoms with E-state index in [4.69, 9.17) is 0 Å². The predicted molar refractivity (Wildman–Crippen MR) is 27.6 cm³/mol. The second kappa shape index (κ2) is 2.25. The van der Waals surface area contributed by atoms with Crippen molar-refractivity contribution in [2.24, 2.45) is 4.99 Å². The molecule has 0 aromatic carbocycles. The van der Waals surface area contributed by atoms with Crippen LogP contribution in [0.1, 0.15) is 0 Å². The summed E-state index contributed by atoms with van der Waals surface area (Å²) in [5.74, 6) is 0. The zero-order chi connectivity index (χ0) is 6.74. The Morgan fingerprint density at radius 2 is 2.44 bits per heavy atom. The summed E-state index contributed by atoms with van der Waals surface area (Å²) < 4.78 is 16.6. The zero-order valence-electron chi connectivity index (χ0n) is 4.76. The van der Waals surface area contributed by atoms with E-state index in [2.05, 4.69) is 9.73 Å². The van der Waals surface area contributed by atoms with Crippen LogP contribution in [-0.2, 0) is 9.53 Å². The molecular formula is C5H6FNO2. The monoisotopic (exact) mass is 131 g/mol. The highest BCUT2D eigenvalue weighted by atomic mass is 19.1. The molecule has 1 fully saturated rings. The first-order chi connectivity index (χ1) is 4.33. The Bertz CT molecular complexity index is 144. The minimum Gasteiger partial charge on any atom is -0.376 e. The molecule has 1 saturated heterocycles. The van der Waals surface area contributed by atoms with Crippen LogP contribution in [0.3, 0.4) is 0 Å². The second-order valence-electron chi connectivity index (χ2n) is 2.05. The number of carbonyl (C=O) groups excluding carboxylic acids is 1. The average molecular weight is 131 g/mol. The van der Waals surface area contributed by atoms with Crippen LogP contribution in [0.2, 0.25) is 0 Å². The first-order valence-corrected chi connectivity index (χ1v) is 2.56. The number of alkyl halides is 1. The van der Waals surface area contributed by atoms with E-state index in [0.717, 1.165) is 0 Å². The molecule has 0 aromatic heterocycles. The normalized spacial score (nSPS) is 21.9. The highest BCUT2D eigenvalue weighted by molar-refractivity contribution is 5.35. The smallest absolute Gasteiger partial charge is 0.235 e. The van der Waals surface area contributed by atoms with Gasteiger partial charge in [-0.2, -0.15) is 4.99 Å². The van der Waals surface area contributed by atoms with Crippen LogP contribution in [0.15, 0.2) is 4.99 Å². The van der Waals surface area contributed by atoms with E-state index in [1.807, 2.05) is 0 Å². The lowest BCUT2D eigenvalue weighted by atomic mass is 10.0. The van der Waals surface area contributed by atoms with Gasteiger partial charge in [-0.05, 0) is 0 Å². The maximum absolute atomic E-state index is 11.9. The molecule has 1 rings (SSSR count). The largest absolute Gasteiger partial charge is 0.376 e. The maximum atomic E-state index is 11.9. The average Bonchev–Trinajstić information content (AvgIpc) is 1.79. The first-order valence-electron chi connectivity index (χ1n) is 2.56. The molecule has 1 heterocycles. The van der Waals surface area contributed by atoms with E-state index < -0.39 is 12.2 Å². The molecule has 0 radical (unpaired) electrons. The summed E-state index contributed by atoms with van der Waals surface area (Å²) in [6, 6.07) is 0. The van der Waals surface area contributed by atoms with E-state index in [0.29, 0.717) is 0 Å². The summed E-state index contributed by atoms with van der Waals surface area (Å²) in [6.07, 6.45) is 1.32. The van der Waals surface area contributed by atoms with Gasteiger partial charge in [0.05, 0.1) is 13.2 Å². The second-order valence-corrected chi connectivity index (χ2v) is 2.05. The van der Waals surface area contributed by atoms with Crippen LogP contribution in [0.4, 0.5) is 4.39 Å². The van der Waals surface area contributed by atoms with Gasteiger partial charge in [0.2, 0.25) is 6.08 Å². The number of halogens is 1. The van der Waals surface area contributed by atoms with Crippen molar-refractivity contribution in [3.63, 3.8) is 0 Å². The Morgan fingerprint density at radius 3 is 2.56 bits per heavy atom. The maximum Gasteiger partial charge on any atom is 0.235 e. The Labute approximate surface area is 51.5 Å². The number of hydrogen-bond acceptors (Lipinski definition) is 3. The zero-order valence-corrected chi connectivity index (χ0v) is 4.76.